The molecule has 11 aromatic rings. The lowest BCUT2D eigenvalue weighted by Gasteiger charge is -2.12. The number of benzene rings is 8. The summed E-state index contributed by atoms with van der Waals surface area (Å²) in [7, 11) is 0. The summed E-state index contributed by atoms with van der Waals surface area (Å²) < 4.78 is 4.77. The zero-order chi connectivity index (χ0) is 37.0. The monoisotopic (exact) mass is 714 g/mol. The van der Waals surface area contributed by atoms with Gasteiger partial charge in [-0.25, -0.2) is 9.97 Å². The van der Waals surface area contributed by atoms with Crippen molar-refractivity contribution in [1.82, 2.24) is 19.1 Å². The van der Waals surface area contributed by atoms with Gasteiger partial charge in [-0.3, -0.25) is 0 Å². The van der Waals surface area contributed by atoms with Crippen molar-refractivity contribution in [2.75, 3.05) is 0 Å². The zero-order valence-corrected chi connectivity index (χ0v) is 30.4. The third kappa shape index (κ3) is 5.31. The van der Waals surface area contributed by atoms with Crippen LogP contribution in [0.3, 0.4) is 0 Å². The standard InChI is InChI=1S/C52H34N4/c1-4-14-35(15-5-1)46-34-47(36-16-6-2-7-17-36)54-52(53-46)37-24-28-41(29-25-37)56-49-23-13-11-21-43(49)45-31-27-39(33-51(45)56)38-26-30-44-42-20-10-12-22-48(42)55(50(44)32-38)40-18-8-3-9-19-40/h1-34H. The molecule has 0 atom stereocenters. The van der Waals surface area contributed by atoms with Gasteiger partial charge in [-0.2, -0.15) is 0 Å². The van der Waals surface area contributed by atoms with Crippen LogP contribution in [0.25, 0.3) is 100 Å². The highest BCUT2D eigenvalue weighted by Gasteiger charge is 2.17. The summed E-state index contributed by atoms with van der Waals surface area (Å²) in [6.45, 7) is 0. The van der Waals surface area contributed by atoms with Crippen LogP contribution in [0.4, 0.5) is 0 Å². The molecule has 4 nitrogen and oxygen atoms in total. The Morgan fingerprint density at radius 3 is 1.16 bits per heavy atom. The number of aromatic nitrogens is 4. The fraction of sp³-hybridized carbons (Fsp3) is 0. The Hall–Kier alpha value is -7.56. The average molecular weight is 715 g/mol. The predicted molar refractivity (Wildman–Crippen MR) is 232 cm³/mol. The third-order valence-electron chi connectivity index (χ3n) is 10.9. The Morgan fingerprint density at radius 1 is 0.268 bits per heavy atom. The normalized spacial score (nSPS) is 11.6. The van der Waals surface area contributed by atoms with E-state index in [2.05, 4.69) is 179 Å². The van der Waals surface area contributed by atoms with Gasteiger partial charge in [-0.15, -0.1) is 0 Å². The second-order valence-corrected chi connectivity index (χ2v) is 14.2. The van der Waals surface area contributed by atoms with Gasteiger partial charge in [0.2, 0.25) is 0 Å². The number of rotatable bonds is 6. The Balaban J connectivity index is 1.04. The van der Waals surface area contributed by atoms with E-state index >= 15 is 0 Å². The van der Waals surface area contributed by atoms with Crippen molar-refractivity contribution in [1.29, 1.82) is 0 Å². The summed E-state index contributed by atoms with van der Waals surface area (Å²) in [6, 6.07) is 73.2. The molecule has 0 radical (unpaired) electrons. The van der Waals surface area contributed by atoms with Crippen LogP contribution >= 0.6 is 0 Å². The fourth-order valence-electron chi connectivity index (χ4n) is 8.28. The van der Waals surface area contributed by atoms with Gasteiger partial charge in [0.25, 0.3) is 0 Å². The molecule has 8 aromatic carbocycles. The SMILES string of the molecule is c1ccc(-c2cc(-c3ccccc3)nc(-c3ccc(-n4c5ccccc5c5ccc(-c6ccc7c8ccccc8n(-c8ccccc8)c7c6)cc54)cc3)n2)cc1. The van der Waals surface area contributed by atoms with Gasteiger partial charge >= 0.3 is 0 Å². The molecule has 0 saturated heterocycles. The minimum atomic E-state index is 0.699. The van der Waals surface area contributed by atoms with Gasteiger partial charge in [0.1, 0.15) is 0 Å². The summed E-state index contributed by atoms with van der Waals surface area (Å²) in [5, 5.41) is 4.95. The van der Waals surface area contributed by atoms with Gasteiger partial charge < -0.3 is 9.13 Å². The Kier molecular flexibility index (Phi) is 7.46. The lowest BCUT2D eigenvalue weighted by Crippen LogP contribution is -1.97. The highest BCUT2D eigenvalue weighted by Crippen LogP contribution is 2.38. The Bertz CT molecular complexity index is 3160. The molecular weight excluding hydrogens is 681 g/mol. The van der Waals surface area contributed by atoms with E-state index in [0.29, 0.717) is 5.82 Å². The van der Waals surface area contributed by atoms with Crippen LogP contribution < -0.4 is 0 Å². The predicted octanol–water partition coefficient (Wildman–Crippen LogP) is 13.3. The maximum Gasteiger partial charge on any atom is 0.160 e. The smallest absolute Gasteiger partial charge is 0.160 e. The van der Waals surface area contributed by atoms with E-state index in [1.165, 1.54) is 49.2 Å². The second kappa shape index (κ2) is 13.1. The van der Waals surface area contributed by atoms with Crippen molar-refractivity contribution in [2.45, 2.75) is 0 Å². The number of hydrogen-bond acceptors (Lipinski definition) is 2. The molecular formula is C52H34N4. The van der Waals surface area contributed by atoms with Crippen molar-refractivity contribution >= 4 is 43.6 Å². The first-order valence-corrected chi connectivity index (χ1v) is 19.0. The van der Waals surface area contributed by atoms with E-state index in [4.69, 9.17) is 9.97 Å². The summed E-state index contributed by atoms with van der Waals surface area (Å²) >= 11 is 0. The molecule has 0 fully saturated rings. The highest BCUT2D eigenvalue weighted by molar-refractivity contribution is 6.12. The van der Waals surface area contributed by atoms with Gasteiger partial charge in [0.15, 0.2) is 5.82 Å². The molecule has 3 heterocycles. The van der Waals surface area contributed by atoms with Crippen LogP contribution in [0, 0.1) is 0 Å². The lowest BCUT2D eigenvalue weighted by molar-refractivity contribution is 1.16. The van der Waals surface area contributed by atoms with E-state index in [1.807, 2.05) is 36.4 Å². The van der Waals surface area contributed by atoms with Crippen LogP contribution in [-0.2, 0) is 0 Å². The van der Waals surface area contributed by atoms with E-state index < -0.39 is 0 Å². The molecule has 262 valence electrons. The molecule has 0 aliphatic rings. The number of fused-ring (bicyclic) bond motifs is 6. The molecule has 0 bridgehead atoms. The minimum Gasteiger partial charge on any atom is -0.309 e. The molecule has 0 aliphatic heterocycles. The van der Waals surface area contributed by atoms with Gasteiger partial charge in [0.05, 0.1) is 33.5 Å². The van der Waals surface area contributed by atoms with Crippen LogP contribution in [0.2, 0.25) is 0 Å². The van der Waals surface area contributed by atoms with E-state index in [-0.39, 0.29) is 0 Å². The van der Waals surface area contributed by atoms with Crippen molar-refractivity contribution in [3.05, 3.63) is 206 Å². The van der Waals surface area contributed by atoms with Gasteiger partial charge in [0, 0.05) is 49.6 Å². The minimum absolute atomic E-state index is 0.699. The van der Waals surface area contributed by atoms with Crippen molar-refractivity contribution in [3.8, 4) is 56.4 Å². The van der Waals surface area contributed by atoms with E-state index in [1.54, 1.807) is 0 Å². The summed E-state index contributed by atoms with van der Waals surface area (Å²) in [4.78, 5) is 10.2. The average Bonchev–Trinajstić information content (AvgIpc) is 3.79. The summed E-state index contributed by atoms with van der Waals surface area (Å²) in [6.07, 6.45) is 0. The Morgan fingerprint density at radius 2 is 0.661 bits per heavy atom. The van der Waals surface area contributed by atoms with Crippen molar-refractivity contribution in [3.63, 3.8) is 0 Å². The highest BCUT2D eigenvalue weighted by atomic mass is 15.0. The first-order chi connectivity index (χ1) is 27.8. The van der Waals surface area contributed by atoms with Crippen LogP contribution in [0.1, 0.15) is 0 Å². The number of nitrogens with zero attached hydrogens (tertiary/aromatic N) is 4. The molecule has 0 saturated carbocycles. The maximum absolute atomic E-state index is 5.08. The van der Waals surface area contributed by atoms with Gasteiger partial charge in [-0.05, 0) is 77.9 Å². The van der Waals surface area contributed by atoms with Crippen molar-refractivity contribution < 1.29 is 0 Å². The summed E-state index contributed by atoms with van der Waals surface area (Å²) in [5.74, 6) is 0.699. The first kappa shape index (κ1) is 31.9. The summed E-state index contributed by atoms with van der Waals surface area (Å²) in [5.41, 5.74) is 14.2. The number of hydrogen-bond donors (Lipinski definition) is 0. The molecule has 56 heavy (non-hydrogen) atoms. The van der Waals surface area contributed by atoms with Crippen LogP contribution in [0.15, 0.2) is 206 Å². The number of para-hydroxylation sites is 3. The lowest BCUT2D eigenvalue weighted by atomic mass is 10.0. The Labute approximate surface area is 324 Å². The van der Waals surface area contributed by atoms with Gasteiger partial charge in [-0.1, -0.05) is 140 Å². The van der Waals surface area contributed by atoms with Crippen LogP contribution in [-0.4, -0.2) is 19.1 Å². The zero-order valence-electron chi connectivity index (χ0n) is 30.4. The molecule has 0 unspecified atom stereocenters. The van der Waals surface area contributed by atoms with Crippen LogP contribution in [0.5, 0.6) is 0 Å². The molecule has 11 rings (SSSR count). The largest absolute Gasteiger partial charge is 0.309 e. The third-order valence-corrected chi connectivity index (χ3v) is 10.9. The van der Waals surface area contributed by atoms with Crippen molar-refractivity contribution in [2.24, 2.45) is 0 Å². The molecule has 0 N–H and O–H groups in total. The molecule has 0 aliphatic carbocycles. The second-order valence-electron chi connectivity index (χ2n) is 14.2. The molecule has 0 spiro atoms. The van der Waals surface area contributed by atoms with E-state index in [9.17, 15) is 0 Å². The molecule has 4 heteroatoms. The topological polar surface area (TPSA) is 35.6 Å². The first-order valence-electron chi connectivity index (χ1n) is 19.0. The van der Waals surface area contributed by atoms with E-state index in [0.717, 1.165) is 45.0 Å². The quantitative estimate of drug-likeness (QED) is 0.172. The maximum atomic E-state index is 5.08. The molecule has 3 aromatic heterocycles. The molecule has 0 amide bonds. The fourth-order valence-corrected chi connectivity index (χ4v) is 8.28.